The third kappa shape index (κ3) is 6.24. The second-order valence-corrected chi connectivity index (χ2v) is 10.7. The molecule has 6 rings (SSSR count). The SMILES string of the molecule is C/C=C/C(=O)c1ccco1.CC.CNc1c(C)[nH]c(C2C#CC23C(=O)Nc2ccc(C(=O)NC(C)c4ccc(F)cc4)cc23)c1C. The van der Waals surface area contributed by atoms with Crippen molar-refractivity contribution in [2.45, 2.75) is 58.9 Å². The van der Waals surface area contributed by atoms with Gasteiger partial charge in [-0.3, -0.25) is 14.4 Å². The molecule has 0 fully saturated rings. The van der Waals surface area contributed by atoms with Crippen molar-refractivity contribution in [1.82, 2.24) is 10.3 Å². The number of fused-ring (bicyclic) bond motifs is 2. The summed E-state index contributed by atoms with van der Waals surface area (Å²) >= 11 is 0. The minimum absolute atomic E-state index is 0.0903. The quantitative estimate of drug-likeness (QED) is 0.0977. The zero-order chi connectivity index (χ0) is 33.6. The highest BCUT2D eigenvalue weighted by Crippen LogP contribution is 2.52. The molecule has 0 saturated heterocycles. The van der Waals surface area contributed by atoms with Crippen LogP contribution < -0.4 is 16.0 Å². The molecular formula is C37H39FN4O4. The van der Waals surface area contributed by atoms with Crippen LogP contribution in [0.1, 0.15) is 88.6 Å². The highest BCUT2D eigenvalue weighted by Gasteiger charge is 2.56. The first-order chi connectivity index (χ1) is 22.1. The van der Waals surface area contributed by atoms with E-state index in [0.717, 1.165) is 28.2 Å². The maximum Gasteiger partial charge on any atom is 0.251 e. The van der Waals surface area contributed by atoms with Crippen LogP contribution in [0.2, 0.25) is 0 Å². The Kier molecular flexibility index (Phi) is 10.3. The molecule has 9 heteroatoms. The Bertz CT molecular complexity index is 1830. The van der Waals surface area contributed by atoms with Gasteiger partial charge in [0.05, 0.1) is 23.9 Å². The Balaban J connectivity index is 0.000000340. The second-order valence-electron chi connectivity index (χ2n) is 10.7. The van der Waals surface area contributed by atoms with E-state index < -0.39 is 5.41 Å². The van der Waals surface area contributed by atoms with Crippen molar-refractivity contribution in [2.24, 2.45) is 0 Å². The first-order valence-corrected chi connectivity index (χ1v) is 15.2. The van der Waals surface area contributed by atoms with Crippen LogP contribution in [0.15, 0.2) is 77.4 Å². The largest absolute Gasteiger partial charge is 0.461 e. The lowest BCUT2D eigenvalue weighted by atomic mass is 9.64. The van der Waals surface area contributed by atoms with Crippen molar-refractivity contribution >= 4 is 29.0 Å². The van der Waals surface area contributed by atoms with Gasteiger partial charge in [0.2, 0.25) is 11.7 Å². The Morgan fingerprint density at radius 1 is 1.11 bits per heavy atom. The number of halogens is 1. The number of hydrogen-bond acceptors (Lipinski definition) is 5. The van der Waals surface area contributed by atoms with E-state index in [2.05, 4.69) is 32.8 Å². The van der Waals surface area contributed by atoms with Crippen molar-refractivity contribution in [3.63, 3.8) is 0 Å². The number of aromatic amines is 1. The molecular weight excluding hydrogens is 583 g/mol. The molecule has 0 bridgehead atoms. The van der Waals surface area contributed by atoms with Crippen LogP contribution in [0.3, 0.4) is 0 Å². The number of H-pyrrole nitrogens is 1. The van der Waals surface area contributed by atoms with E-state index in [1.807, 2.05) is 41.7 Å². The molecule has 2 aromatic carbocycles. The Morgan fingerprint density at radius 3 is 2.39 bits per heavy atom. The van der Waals surface area contributed by atoms with Crippen LogP contribution in [0.4, 0.5) is 15.8 Å². The summed E-state index contributed by atoms with van der Waals surface area (Å²) in [7, 11) is 1.87. The third-order valence-corrected chi connectivity index (χ3v) is 7.97. The Labute approximate surface area is 268 Å². The number of aryl methyl sites for hydroxylation is 1. The van der Waals surface area contributed by atoms with E-state index in [4.69, 9.17) is 4.42 Å². The van der Waals surface area contributed by atoms with Gasteiger partial charge in [-0.2, -0.15) is 0 Å². The molecule has 4 N–H and O–H groups in total. The predicted molar refractivity (Wildman–Crippen MR) is 179 cm³/mol. The van der Waals surface area contributed by atoms with Crippen LogP contribution >= 0.6 is 0 Å². The fourth-order valence-corrected chi connectivity index (χ4v) is 5.66. The molecule has 46 heavy (non-hydrogen) atoms. The van der Waals surface area contributed by atoms with E-state index in [0.29, 0.717) is 22.6 Å². The van der Waals surface area contributed by atoms with Crippen molar-refractivity contribution in [2.75, 3.05) is 17.7 Å². The van der Waals surface area contributed by atoms with Gasteiger partial charge < -0.3 is 25.4 Å². The van der Waals surface area contributed by atoms with E-state index in [1.54, 1.807) is 55.5 Å². The number of amides is 2. The number of benzene rings is 2. The molecule has 2 amide bonds. The summed E-state index contributed by atoms with van der Waals surface area (Å²) in [5.74, 6) is 5.47. The number of carbonyl (C=O) groups excluding carboxylic acids is 3. The average Bonchev–Trinajstić information content (AvgIpc) is 3.75. The summed E-state index contributed by atoms with van der Waals surface area (Å²) in [5, 5.41) is 9.10. The first kappa shape index (κ1) is 33.5. The van der Waals surface area contributed by atoms with Gasteiger partial charge >= 0.3 is 0 Å². The monoisotopic (exact) mass is 622 g/mol. The summed E-state index contributed by atoms with van der Waals surface area (Å²) in [6, 6.07) is 14.3. The van der Waals surface area contributed by atoms with Gasteiger partial charge in [0.25, 0.3) is 5.91 Å². The fraction of sp³-hybridized carbons (Fsp3) is 0.270. The molecule has 1 spiro atoms. The van der Waals surface area contributed by atoms with Gasteiger partial charge in [-0.15, -0.1) is 0 Å². The summed E-state index contributed by atoms with van der Waals surface area (Å²) in [4.78, 5) is 40.6. The maximum atomic E-state index is 13.2. The number of furan rings is 1. The van der Waals surface area contributed by atoms with Gasteiger partial charge in [0.1, 0.15) is 5.82 Å². The number of hydrogen-bond donors (Lipinski definition) is 4. The van der Waals surface area contributed by atoms with Crippen LogP contribution in [-0.4, -0.2) is 29.6 Å². The van der Waals surface area contributed by atoms with Gasteiger partial charge in [-0.05, 0) is 87.4 Å². The highest BCUT2D eigenvalue weighted by molar-refractivity contribution is 6.12. The number of aromatic nitrogens is 1. The number of ketones is 1. The average molecular weight is 623 g/mol. The number of carbonyl (C=O) groups is 3. The van der Waals surface area contributed by atoms with E-state index in [9.17, 15) is 18.8 Å². The van der Waals surface area contributed by atoms with E-state index in [-0.39, 0.29) is 35.4 Å². The molecule has 238 valence electrons. The van der Waals surface area contributed by atoms with Crippen LogP contribution in [-0.2, 0) is 10.2 Å². The molecule has 0 saturated carbocycles. The zero-order valence-corrected chi connectivity index (χ0v) is 27.1. The molecule has 2 aromatic heterocycles. The highest BCUT2D eigenvalue weighted by atomic mass is 19.1. The van der Waals surface area contributed by atoms with E-state index in [1.165, 1.54) is 24.5 Å². The molecule has 3 atom stereocenters. The van der Waals surface area contributed by atoms with Crippen LogP contribution in [0.5, 0.6) is 0 Å². The number of nitrogens with one attached hydrogen (secondary N) is 4. The predicted octanol–water partition coefficient (Wildman–Crippen LogP) is 7.36. The lowest BCUT2D eigenvalue weighted by molar-refractivity contribution is -0.119. The molecule has 3 unspecified atom stereocenters. The summed E-state index contributed by atoms with van der Waals surface area (Å²) in [6.45, 7) is 11.6. The van der Waals surface area contributed by atoms with Crippen molar-refractivity contribution in [3.8, 4) is 11.8 Å². The number of rotatable bonds is 7. The Morgan fingerprint density at radius 2 is 1.83 bits per heavy atom. The fourth-order valence-electron chi connectivity index (χ4n) is 5.66. The molecule has 2 aliphatic rings. The first-order valence-electron chi connectivity index (χ1n) is 15.2. The van der Waals surface area contributed by atoms with Gasteiger partial charge in [0, 0.05) is 35.2 Å². The number of anilines is 2. The zero-order valence-electron chi connectivity index (χ0n) is 27.1. The standard InChI is InChI=1S/C27H25FN4O2.C8H8O2.C2H6/c1-14-23(29-4)16(3)30-24(14)20-11-12-27(20)21-13-18(7-10-22(21)32-26(27)34)25(33)31-15(2)17-5-8-19(28)9-6-17;1-2-4-7(9)8-5-3-6-10-8;1-2/h5-10,13,15,20,29-30H,1-4H3,(H,31,33)(H,32,34);2-6H,1H3;1-2H3/b;4-2+;. The van der Waals surface area contributed by atoms with Gasteiger partial charge in [0.15, 0.2) is 11.2 Å². The normalized spacial score (nSPS) is 17.7. The third-order valence-electron chi connectivity index (χ3n) is 7.97. The van der Waals surface area contributed by atoms with Gasteiger partial charge in [-0.1, -0.05) is 43.9 Å². The van der Waals surface area contributed by atoms with Crippen molar-refractivity contribution in [1.29, 1.82) is 0 Å². The summed E-state index contributed by atoms with van der Waals surface area (Å²) in [6.07, 6.45) is 4.64. The van der Waals surface area contributed by atoms with Gasteiger partial charge in [-0.25, -0.2) is 4.39 Å². The molecule has 0 radical (unpaired) electrons. The molecule has 1 aliphatic heterocycles. The smallest absolute Gasteiger partial charge is 0.251 e. The molecule has 4 aromatic rings. The minimum Gasteiger partial charge on any atom is -0.461 e. The number of allylic oxidation sites excluding steroid dienone is 2. The molecule has 3 heterocycles. The second kappa shape index (κ2) is 14.2. The summed E-state index contributed by atoms with van der Waals surface area (Å²) < 4.78 is 18.1. The van der Waals surface area contributed by atoms with E-state index >= 15 is 0 Å². The summed E-state index contributed by atoms with van der Waals surface area (Å²) in [5.41, 5.74) is 5.49. The topological polar surface area (TPSA) is 116 Å². The maximum absolute atomic E-state index is 13.2. The lowest BCUT2D eigenvalue weighted by Gasteiger charge is -2.34. The molecule has 1 aliphatic carbocycles. The van der Waals surface area contributed by atoms with Crippen LogP contribution in [0, 0.1) is 31.5 Å². The minimum atomic E-state index is -1.04. The Hall–Kier alpha value is -5.36. The van der Waals surface area contributed by atoms with Crippen LogP contribution in [0.25, 0.3) is 0 Å². The molecule has 8 nitrogen and oxygen atoms in total. The van der Waals surface area contributed by atoms with Crippen molar-refractivity contribution < 1.29 is 23.2 Å². The lowest BCUT2D eigenvalue weighted by Crippen LogP contribution is -2.44. The van der Waals surface area contributed by atoms with Crippen molar-refractivity contribution in [3.05, 3.63) is 118 Å².